The number of ether oxygens (including phenoxy) is 1. The van der Waals surface area contributed by atoms with Gasteiger partial charge >= 0.3 is 0 Å². The van der Waals surface area contributed by atoms with Crippen molar-refractivity contribution in [2.75, 3.05) is 0 Å². The summed E-state index contributed by atoms with van der Waals surface area (Å²) in [7, 11) is 0. The van der Waals surface area contributed by atoms with Crippen molar-refractivity contribution < 1.29 is 14.9 Å². The van der Waals surface area contributed by atoms with E-state index >= 15 is 0 Å². The SMILES string of the molecule is CC1CCCC23CC24CCC25C[C@@]6(CCC(C(C)(C)O)O6)C2C(O)C[C@@]5(C)C4CCC13. The smallest absolute Gasteiger partial charge is 0.0865 e. The van der Waals surface area contributed by atoms with Crippen LogP contribution in [0.1, 0.15) is 105 Å². The Hall–Kier alpha value is -0.120. The molecule has 11 atom stereocenters. The molecule has 1 saturated heterocycles. The van der Waals surface area contributed by atoms with E-state index in [0.717, 1.165) is 43.4 Å². The lowest BCUT2D eigenvalue weighted by Crippen LogP contribution is -2.69. The second-order valence-corrected chi connectivity index (χ2v) is 14.5. The van der Waals surface area contributed by atoms with E-state index in [9.17, 15) is 10.2 Å². The lowest BCUT2D eigenvalue weighted by atomic mass is 9.36. The molecule has 0 aromatic carbocycles. The van der Waals surface area contributed by atoms with Crippen molar-refractivity contribution >= 4 is 0 Å². The van der Waals surface area contributed by atoms with E-state index in [1.54, 1.807) is 0 Å². The van der Waals surface area contributed by atoms with Crippen LogP contribution in [0.4, 0.5) is 0 Å². The van der Waals surface area contributed by atoms with Gasteiger partial charge in [0.25, 0.3) is 0 Å². The van der Waals surface area contributed by atoms with Crippen molar-refractivity contribution in [3.63, 3.8) is 0 Å². The molecule has 7 rings (SSSR count). The van der Waals surface area contributed by atoms with E-state index in [2.05, 4.69) is 13.8 Å². The minimum Gasteiger partial charge on any atom is -0.393 e. The Morgan fingerprint density at radius 1 is 0.903 bits per heavy atom. The molecule has 6 saturated carbocycles. The minimum atomic E-state index is -0.786. The molecule has 7 aliphatic rings. The third-order valence-corrected chi connectivity index (χ3v) is 13.3. The van der Waals surface area contributed by atoms with Crippen molar-refractivity contribution in [1.29, 1.82) is 0 Å². The van der Waals surface area contributed by atoms with E-state index in [1.165, 1.54) is 51.4 Å². The summed E-state index contributed by atoms with van der Waals surface area (Å²) in [6.45, 7) is 8.93. The summed E-state index contributed by atoms with van der Waals surface area (Å²) in [5.41, 5.74) is 0.891. The molecule has 0 radical (unpaired) electrons. The fraction of sp³-hybridized carbons (Fsp3) is 1.00. The Bertz CT molecular complexity index is 818. The second-order valence-electron chi connectivity index (χ2n) is 14.5. The number of hydrogen-bond acceptors (Lipinski definition) is 3. The number of aliphatic hydroxyl groups is 2. The van der Waals surface area contributed by atoms with Crippen LogP contribution in [0.15, 0.2) is 0 Å². The maximum absolute atomic E-state index is 11.5. The summed E-state index contributed by atoms with van der Waals surface area (Å²) in [6.07, 6.45) is 15.3. The number of fused-ring (bicyclic) bond motifs is 2. The van der Waals surface area contributed by atoms with Crippen LogP contribution in [-0.4, -0.2) is 33.6 Å². The predicted octanol–water partition coefficient (Wildman–Crippen LogP) is 5.47. The lowest BCUT2D eigenvalue weighted by Gasteiger charge is -2.70. The summed E-state index contributed by atoms with van der Waals surface area (Å²) in [4.78, 5) is 0. The highest BCUT2D eigenvalue weighted by atomic mass is 16.5. The van der Waals surface area contributed by atoms with Crippen LogP contribution in [0, 0.1) is 45.3 Å². The van der Waals surface area contributed by atoms with E-state index < -0.39 is 5.60 Å². The van der Waals surface area contributed by atoms with Gasteiger partial charge in [-0.05, 0) is 117 Å². The molecule has 4 spiro atoms. The molecule has 3 nitrogen and oxygen atoms in total. The van der Waals surface area contributed by atoms with Gasteiger partial charge in [-0.25, -0.2) is 0 Å². The Kier molecular flexibility index (Phi) is 3.64. The zero-order valence-electron chi connectivity index (χ0n) is 20.3. The molecule has 3 heteroatoms. The quantitative estimate of drug-likeness (QED) is 0.582. The van der Waals surface area contributed by atoms with Crippen LogP contribution >= 0.6 is 0 Å². The molecule has 6 aliphatic carbocycles. The largest absolute Gasteiger partial charge is 0.393 e. The van der Waals surface area contributed by atoms with Gasteiger partial charge in [0.15, 0.2) is 0 Å². The van der Waals surface area contributed by atoms with Crippen molar-refractivity contribution in [2.24, 2.45) is 45.3 Å². The maximum Gasteiger partial charge on any atom is 0.0865 e. The normalized spacial score (nSPS) is 64.1. The molecule has 2 N–H and O–H groups in total. The van der Waals surface area contributed by atoms with E-state index in [0.29, 0.717) is 16.7 Å². The molecular formula is C28H44O3. The molecule has 1 heterocycles. The monoisotopic (exact) mass is 428 g/mol. The van der Waals surface area contributed by atoms with E-state index in [-0.39, 0.29) is 28.6 Å². The summed E-state index contributed by atoms with van der Waals surface area (Å²) < 4.78 is 6.68. The average molecular weight is 429 g/mol. The highest BCUT2D eigenvalue weighted by Crippen LogP contribution is 2.91. The van der Waals surface area contributed by atoms with E-state index in [1.807, 2.05) is 13.8 Å². The number of aliphatic hydroxyl groups excluding tert-OH is 1. The topological polar surface area (TPSA) is 49.7 Å². The summed E-state index contributed by atoms with van der Waals surface area (Å²) >= 11 is 0. The van der Waals surface area contributed by atoms with Gasteiger partial charge in [0.1, 0.15) is 0 Å². The average Bonchev–Trinajstić information content (AvgIpc) is 2.98. The standard InChI is InChI=1S/C28H44O3/c1-17-6-5-10-25-15-26(25)12-13-27-16-28(11-9-21(31-28)23(2,3)30)22(27)19(29)14-24(27,4)20(26)8-7-18(17)25/h17-22,29-30H,5-16H2,1-4H3/t17?,18?,19?,20?,21?,22?,24-,25?,26?,27?,28-/m0/s1. The highest BCUT2D eigenvalue weighted by molar-refractivity contribution is 5.35. The van der Waals surface area contributed by atoms with Crippen LogP contribution in [0.2, 0.25) is 0 Å². The Balaban J connectivity index is 1.23. The van der Waals surface area contributed by atoms with Crippen molar-refractivity contribution in [2.45, 2.75) is 128 Å². The third-order valence-electron chi connectivity index (χ3n) is 13.3. The first kappa shape index (κ1) is 20.3. The van der Waals surface area contributed by atoms with Gasteiger partial charge in [0.05, 0.1) is 23.4 Å². The Morgan fingerprint density at radius 2 is 1.68 bits per heavy atom. The van der Waals surface area contributed by atoms with Gasteiger partial charge < -0.3 is 14.9 Å². The molecule has 0 amide bonds. The molecule has 31 heavy (non-hydrogen) atoms. The summed E-state index contributed by atoms with van der Waals surface area (Å²) in [6, 6.07) is 0. The zero-order valence-corrected chi connectivity index (χ0v) is 20.3. The molecular weight excluding hydrogens is 384 g/mol. The maximum atomic E-state index is 11.5. The summed E-state index contributed by atoms with van der Waals surface area (Å²) in [5.74, 6) is 3.03. The third kappa shape index (κ3) is 2.03. The molecule has 1 aliphatic heterocycles. The van der Waals surface area contributed by atoms with Crippen LogP contribution in [-0.2, 0) is 4.74 Å². The minimum absolute atomic E-state index is 0.0790. The molecule has 9 unspecified atom stereocenters. The Morgan fingerprint density at radius 3 is 2.42 bits per heavy atom. The van der Waals surface area contributed by atoms with Crippen LogP contribution in [0.25, 0.3) is 0 Å². The van der Waals surface area contributed by atoms with Crippen LogP contribution < -0.4 is 0 Å². The van der Waals surface area contributed by atoms with E-state index in [4.69, 9.17) is 4.74 Å². The molecule has 174 valence electrons. The van der Waals surface area contributed by atoms with Gasteiger partial charge in [-0.15, -0.1) is 0 Å². The fourth-order valence-corrected chi connectivity index (χ4v) is 12.4. The van der Waals surface area contributed by atoms with Crippen LogP contribution in [0.3, 0.4) is 0 Å². The Labute approximate surface area is 188 Å². The molecule has 0 bridgehead atoms. The molecule has 0 aromatic rings. The van der Waals surface area contributed by atoms with Gasteiger partial charge in [-0.1, -0.05) is 26.7 Å². The lowest BCUT2D eigenvalue weighted by molar-refractivity contribution is -0.285. The number of rotatable bonds is 1. The first-order valence-corrected chi connectivity index (χ1v) is 13.6. The van der Waals surface area contributed by atoms with Crippen molar-refractivity contribution in [3.05, 3.63) is 0 Å². The van der Waals surface area contributed by atoms with Gasteiger partial charge in [-0.2, -0.15) is 0 Å². The van der Waals surface area contributed by atoms with Gasteiger partial charge in [-0.3, -0.25) is 0 Å². The highest BCUT2D eigenvalue weighted by Gasteiger charge is 2.86. The zero-order chi connectivity index (χ0) is 21.7. The number of hydrogen-bond donors (Lipinski definition) is 2. The molecule has 0 aromatic heterocycles. The van der Waals surface area contributed by atoms with Crippen molar-refractivity contribution in [3.8, 4) is 0 Å². The fourth-order valence-electron chi connectivity index (χ4n) is 12.4. The predicted molar refractivity (Wildman–Crippen MR) is 120 cm³/mol. The van der Waals surface area contributed by atoms with Crippen molar-refractivity contribution in [1.82, 2.24) is 0 Å². The first-order chi connectivity index (χ1) is 14.5. The van der Waals surface area contributed by atoms with Crippen LogP contribution in [0.5, 0.6) is 0 Å². The molecule has 7 fully saturated rings. The second kappa shape index (κ2) is 5.57. The van der Waals surface area contributed by atoms with Gasteiger partial charge in [0, 0.05) is 5.92 Å². The first-order valence-electron chi connectivity index (χ1n) is 13.6. The van der Waals surface area contributed by atoms with Gasteiger partial charge in [0.2, 0.25) is 0 Å². The summed E-state index contributed by atoms with van der Waals surface area (Å²) in [5, 5.41) is 22.1.